The van der Waals surface area contributed by atoms with Crippen molar-refractivity contribution in [3.05, 3.63) is 97.5 Å². The Morgan fingerprint density at radius 1 is 1.14 bits per heavy atom. The number of carbonyl (C=O) groups is 1. The monoisotopic (exact) mass is 401 g/mol. The van der Waals surface area contributed by atoms with Gasteiger partial charge in [0.25, 0.3) is 5.56 Å². The first-order valence-corrected chi connectivity index (χ1v) is 8.82. The molecule has 0 saturated heterocycles. The van der Waals surface area contributed by atoms with E-state index >= 15 is 0 Å². The molecule has 0 aliphatic heterocycles. The number of anilines is 1. The van der Waals surface area contributed by atoms with E-state index in [2.05, 4.69) is 5.32 Å². The van der Waals surface area contributed by atoms with Gasteiger partial charge in [0.05, 0.1) is 6.54 Å². The Hall–Kier alpha value is -3.19. The van der Waals surface area contributed by atoms with Crippen molar-refractivity contribution in [3.8, 4) is 0 Å². The maximum atomic E-state index is 13.3. The van der Waals surface area contributed by atoms with Gasteiger partial charge in [-0.25, -0.2) is 9.18 Å². The molecule has 0 bridgehead atoms. The summed E-state index contributed by atoms with van der Waals surface area (Å²) in [6, 6.07) is 12.1. The van der Waals surface area contributed by atoms with Crippen LogP contribution in [-0.4, -0.2) is 15.0 Å². The van der Waals surface area contributed by atoms with Crippen LogP contribution < -0.4 is 16.6 Å². The molecule has 0 aliphatic carbocycles. The number of hydrogen-bond acceptors (Lipinski definition) is 3. The number of hydrogen-bond donors (Lipinski definition) is 1. The summed E-state index contributed by atoms with van der Waals surface area (Å²) >= 11 is 6.03. The number of amides is 1. The maximum Gasteiger partial charge on any atom is 0.331 e. The Morgan fingerprint density at radius 2 is 1.89 bits per heavy atom. The highest BCUT2D eigenvalue weighted by Gasteiger charge is 2.12. The van der Waals surface area contributed by atoms with E-state index in [-0.39, 0.29) is 6.54 Å². The van der Waals surface area contributed by atoms with Crippen LogP contribution in [0.25, 0.3) is 0 Å². The fourth-order valence-electron chi connectivity index (χ4n) is 2.73. The highest BCUT2D eigenvalue weighted by molar-refractivity contribution is 6.31. The minimum absolute atomic E-state index is 0.0753. The van der Waals surface area contributed by atoms with E-state index in [0.29, 0.717) is 21.8 Å². The first-order valence-electron chi connectivity index (χ1n) is 8.45. The molecule has 0 fully saturated rings. The van der Waals surface area contributed by atoms with Crippen LogP contribution in [0.4, 0.5) is 10.1 Å². The molecule has 0 unspecified atom stereocenters. The lowest BCUT2D eigenvalue weighted by Gasteiger charge is -2.12. The molecule has 3 aromatic rings. The largest absolute Gasteiger partial charge is 0.331 e. The Morgan fingerprint density at radius 3 is 2.64 bits per heavy atom. The van der Waals surface area contributed by atoms with Crippen molar-refractivity contribution in [3.63, 3.8) is 0 Å². The molecule has 0 saturated carbocycles. The third-order valence-corrected chi connectivity index (χ3v) is 4.63. The molecule has 1 N–H and O–H groups in total. The molecule has 28 heavy (non-hydrogen) atoms. The van der Waals surface area contributed by atoms with Crippen LogP contribution in [-0.2, 0) is 17.9 Å². The molecule has 0 radical (unpaired) electrons. The summed E-state index contributed by atoms with van der Waals surface area (Å²) in [5, 5.41) is 3.14. The van der Waals surface area contributed by atoms with Crippen molar-refractivity contribution >= 4 is 23.2 Å². The zero-order valence-electron chi connectivity index (χ0n) is 15.0. The van der Waals surface area contributed by atoms with Crippen LogP contribution in [0.3, 0.4) is 0 Å². The number of nitrogens with one attached hydrogen (secondary N) is 1. The average Bonchev–Trinajstić information content (AvgIpc) is 2.65. The third kappa shape index (κ3) is 4.37. The van der Waals surface area contributed by atoms with Gasteiger partial charge < -0.3 is 5.32 Å². The molecule has 1 aromatic heterocycles. The smallest absolute Gasteiger partial charge is 0.324 e. The molecule has 2 aromatic carbocycles. The fraction of sp³-hybridized carbons (Fsp3) is 0.150. The van der Waals surface area contributed by atoms with E-state index in [4.69, 9.17) is 11.6 Å². The molecule has 0 atom stereocenters. The van der Waals surface area contributed by atoms with Crippen LogP contribution >= 0.6 is 11.6 Å². The predicted octanol–water partition coefficient (Wildman–Crippen LogP) is 2.80. The molecule has 6 nitrogen and oxygen atoms in total. The van der Waals surface area contributed by atoms with Gasteiger partial charge in [-0.2, -0.15) is 0 Å². The van der Waals surface area contributed by atoms with Crippen molar-refractivity contribution in [2.24, 2.45) is 0 Å². The van der Waals surface area contributed by atoms with Gasteiger partial charge in [-0.1, -0.05) is 29.8 Å². The van der Waals surface area contributed by atoms with Gasteiger partial charge in [-0.3, -0.25) is 18.7 Å². The lowest BCUT2D eigenvalue weighted by molar-refractivity contribution is -0.116. The summed E-state index contributed by atoms with van der Waals surface area (Å²) in [5.41, 5.74) is 0.488. The van der Waals surface area contributed by atoms with Gasteiger partial charge >= 0.3 is 5.69 Å². The number of aromatic nitrogens is 2. The molecule has 1 amide bonds. The van der Waals surface area contributed by atoms with Crippen molar-refractivity contribution in [1.82, 2.24) is 9.13 Å². The van der Waals surface area contributed by atoms with E-state index in [1.807, 2.05) is 0 Å². The van der Waals surface area contributed by atoms with E-state index < -0.39 is 29.5 Å². The van der Waals surface area contributed by atoms with Crippen molar-refractivity contribution in [2.75, 3.05) is 5.32 Å². The van der Waals surface area contributed by atoms with E-state index in [9.17, 15) is 18.8 Å². The molecule has 3 rings (SSSR count). The quantitative estimate of drug-likeness (QED) is 0.714. The SMILES string of the molecule is Cc1c(Cl)cccc1NC(=O)Cn1c(=O)ccn(Cc2cccc(F)c2)c1=O. The minimum Gasteiger partial charge on any atom is -0.324 e. The fourth-order valence-corrected chi connectivity index (χ4v) is 2.91. The predicted molar refractivity (Wildman–Crippen MR) is 105 cm³/mol. The summed E-state index contributed by atoms with van der Waals surface area (Å²) < 4.78 is 15.4. The second-order valence-electron chi connectivity index (χ2n) is 6.24. The lowest BCUT2D eigenvalue weighted by atomic mass is 10.2. The van der Waals surface area contributed by atoms with E-state index in [0.717, 1.165) is 4.57 Å². The standard InChI is InChI=1S/C20H17ClFN3O3/c1-13-16(21)6-3-7-17(13)23-18(26)12-25-19(27)8-9-24(20(25)28)11-14-4-2-5-15(22)10-14/h2-10H,11-12H2,1H3,(H,23,26). The summed E-state index contributed by atoms with van der Waals surface area (Å²) in [6.07, 6.45) is 1.32. The van der Waals surface area contributed by atoms with Gasteiger partial charge in [-0.15, -0.1) is 0 Å². The summed E-state index contributed by atoms with van der Waals surface area (Å²) in [7, 11) is 0. The van der Waals surface area contributed by atoms with Crippen LogP contribution in [0.1, 0.15) is 11.1 Å². The topological polar surface area (TPSA) is 73.1 Å². The summed E-state index contributed by atoms with van der Waals surface area (Å²) in [6.45, 7) is 1.37. The number of carbonyl (C=O) groups excluding carboxylic acids is 1. The highest BCUT2D eigenvalue weighted by Crippen LogP contribution is 2.22. The zero-order valence-corrected chi connectivity index (χ0v) is 15.7. The molecular weight excluding hydrogens is 385 g/mol. The number of benzene rings is 2. The minimum atomic E-state index is -0.658. The second-order valence-corrected chi connectivity index (χ2v) is 6.65. The molecule has 0 spiro atoms. The van der Waals surface area contributed by atoms with Gasteiger partial charge in [0.2, 0.25) is 5.91 Å². The first kappa shape index (κ1) is 19.6. The summed E-state index contributed by atoms with van der Waals surface area (Å²) in [4.78, 5) is 37.1. The Kier molecular flexibility index (Phi) is 5.75. The van der Waals surface area contributed by atoms with E-state index in [1.54, 1.807) is 31.2 Å². The highest BCUT2D eigenvalue weighted by atomic mass is 35.5. The number of halogens is 2. The molecule has 1 heterocycles. The van der Waals surface area contributed by atoms with Crippen molar-refractivity contribution < 1.29 is 9.18 Å². The normalized spacial score (nSPS) is 10.7. The molecule has 0 aliphatic rings. The Bertz CT molecular complexity index is 1150. The Labute approximate surface area is 164 Å². The second kappa shape index (κ2) is 8.22. The van der Waals surface area contributed by atoms with Gasteiger partial charge in [0.1, 0.15) is 12.4 Å². The van der Waals surface area contributed by atoms with Crippen LogP contribution in [0.15, 0.2) is 64.3 Å². The van der Waals surface area contributed by atoms with Crippen LogP contribution in [0, 0.1) is 12.7 Å². The third-order valence-electron chi connectivity index (χ3n) is 4.23. The number of nitrogens with zero attached hydrogens (tertiary/aromatic N) is 2. The van der Waals surface area contributed by atoms with Crippen LogP contribution in [0.5, 0.6) is 0 Å². The molecule has 144 valence electrons. The van der Waals surface area contributed by atoms with Crippen LogP contribution in [0.2, 0.25) is 5.02 Å². The van der Waals surface area contributed by atoms with Gasteiger partial charge in [0, 0.05) is 23.0 Å². The molecule has 8 heteroatoms. The molecular formula is C20H17ClFN3O3. The first-order chi connectivity index (χ1) is 13.3. The van der Waals surface area contributed by atoms with Crippen molar-refractivity contribution in [2.45, 2.75) is 20.0 Å². The van der Waals surface area contributed by atoms with E-state index in [1.165, 1.54) is 35.0 Å². The maximum absolute atomic E-state index is 13.3. The number of rotatable bonds is 5. The average molecular weight is 402 g/mol. The van der Waals surface area contributed by atoms with Gasteiger partial charge in [-0.05, 0) is 42.3 Å². The summed E-state index contributed by atoms with van der Waals surface area (Å²) in [5.74, 6) is -0.955. The van der Waals surface area contributed by atoms with Gasteiger partial charge in [0.15, 0.2) is 0 Å². The Balaban J connectivity index is 1.84. The van der Waals surface area contributed by atoms with Crippen molar-refractivity contribution in [1.29, 1.82) is 0 Å². The zero-order chi connectivity index (χ0) is 20.3. The lowest BCUT2D eigenvalue weighted by Crippen LogP contribution is -2.41.